The first-order valence-corrected chi connectivity index (χ1v) is 14.3. The number of aliphatic hydroxyl groups excluding tert-OH is 1. The van der Waals surface area contributed by atoms with Crippen molar-refractivity contribution in [2.24, 2.45) is 0 Å². The van der Waals surface area contributed by atoms with Gasteiger partial charge in [0.2, 0.25) is 0 Å². The number of nitrogens with one attached hydrogen (secondary N) is 1. The molecule has 6 heteroatoms. The van der Waals surface area contributed by atoms with Gasteiger partial charge in [0.05, 0.1) is 43.7 Å². The van der Waals surface area contributed by atoms with E-state index in [1.54, 1.807) is 14.2 Å². The predicted molar refractivity (Wildman–Crippen MR) is 172 cm³/mol. The van der Waals surface area contributed by atoms with Crippen LogP contribution in [0.2, 0.25) is 0 Å². The topological polar surface area (TPSA) is 72.8 Å². The Kier molecular flexibility index (Phi) is 8.22. The third-order valence-corrected chi connectivity index (χ3v) is 7.77. The van der Waals surface area contributed by atoms with Gasteiger partial charge in [-0.3, -0.25) is 0 Å². The zero-order valence-corrected chi connectivity index (χ0v) is 24.2. The maximum Gasteiger partial charge on any atom is 0.143 e. The number of anilines is 1. The summed E-state index contributed by atoms with van der Waals surface area (Å²) < 4.78 is 17.8. The molecule has 6 rings (SSSR count). The third-order valence-electron chi connectivity index (χ3n) is 7.77. The molecule has 0 saturated heterocycles. The van der Waals surface area contributed by atoms with Gasteiger partial charge in [0.1, 0.15) is 17.1 Å². The number of para-hydroxylation sites is 2. The Labute approximate surface area is 251 Å². The second-order valence-corrected chi connectivity index (χ2v) is 10.4. The van der Waals surface area contributed by atoms with Crippen molar-refractivity contribution in [3.8, 4) is 11.5 Å². The van der Waals surface area contributed by atoms with E-state index >= 15 is 0 Å². The highest BCUT2D eigenvalue weighted by molar-refractivity contribution is 6.07. The highest BCUT2D eigenvalue weighted by Gasteiger charge is 2.38. The van der Waals surface area contributed by atoms with Crippen LogP contribution in [-0.2, 0) is 10.3 Å². The molecule has 43 heavy (non-hydrogen) atoms. The van der Waals surface area contributed by atoms with Crippen LogP contribution in [0.25, 0.3) is 21.8 Å². The summed E-state index contributed by atoms with van der Waals surface area (Å²) in [4.78, 5) is 4.81. The molecule has 5 aromatic carbocycles. The third kappa shape index (κ3) is 5.63. The second kappa shape index (κ2) is 12.5. The van der Waals surface area contributed by atoms with Crippen molar-refractivity contribution in [1.82, 2.24) is 4.98 Å². The SMILES string of the molecule is COc1ccc(C(OCC(O)CNc2c3ccccc3nc3ccccc23)(c2ccccc2)c2ccc(OC)cc2)cc1. The number of methoxy groups -OCH3 is 2. The average Bonchev–Trinajstić information content (AvgIpc) is 3.08. The molecule has 0 spiro atoms. The molecule has 0 aliphatic carbocycles. The van der Waals surface area contributed by atoms with E-state index in [1.807, 2.05) is 127 Å². The van der Waals surface area contributed by atoms with Gasteiger partial charge in [-0.15, -0.1) is 0 Å². The smallest absolute Gasteiger partial charge is 0.143 e. The lowest BCUT2D eigenvalue weighted by molar-refractivity contribution is -0.0340. The molecular formula is C37H34N2O4. The van der Waals surface area contributed by atoms with Gasteiger partial charge in [-0.25, -0.2) is 4.98 Å². The molecule has 0 aliphatic heterocycles. The summed E-state index contributed by atoms with van der Waals surface area (Å²) in [6.45, 7) is 0.356. The highest BCUT2D eigenvalue weighted by Crippen LogP contribution is 2.42. The van der Waals surface area contributed by atoms with Crippen LogP contribution in [0.1, 0.15) is 16.7 Å². The van der Waals surface area contributed by atoms with E-state index in [1.165, 1.54) is 0 Å². The van der Waals surface area contributed by atoms with E-state index in [4.69, 9.17) is 19.2 Å². The lowest BCUT2D eigenvalue weighted by Crippen LogP contribution is -2.37. The average molecular weight is 571 g/mol. The molecule has 1 aromatic heterocycles. The van der Waals surface area contributed by atoms with Crippen molar-refractivity contribution in [2.45, 2.75) is 11.7 Å². The number of pyridine rings is 1. The molecule has 0 amide bonds. The molecule has 0 aliphatic rings. The number of hydrogen-bond acceptors (Lipinski definition) is 6. The minimum absolute atomic E-state index is 0.0703. The Hall–Kier alpha value is -4.91. The molecule has 0 bridgehead atoms. The normalized spacial score (nSPS) is 12.3. The summed E-state index contributed by atoms with van der Waals surface area (Å²) in [6.07, 6.45) is -0.815. The van der Waals surface area contributed by atoms with Gasteiger partial charge < -0.3 is 24.6 Å². The summed E-state index contributed by atoms with van der Waals surface area (Å²) in [5.74, 6) is 1.50. The Balaban J connectivity index is 1.34. The quantitative estimate of drug-likeness (QED) is 0.127. The monoisotopic (exact) mass is 570 g/mol. The zero-order valence-electron chi connectivity index (χ0n) is 24.2. The van der Waals surface area contributed by atoms with Gasteiger partial charge in [0, 0.05) is 17.3 Å². The van der Waals surface area contributed by atoms with E-state index in [2.05, 4.69) is 5.32 Å². The Morgan fingerprint density at radius 1 is 0.628 bits per heavy atom. The number of aliphatic hydroxyl groups is 1. The van der Waals surface area contributed by atoms with Crippen LogP contribution in [-0.4, -0.2) is 43.6 Å². The van der Waals surface area contributed by atoms with Crippen LogP contribution >= 0.6 is 0 Å². The molecule has 6 aromatic rings. The maximum atomic E-state index is 11.4. The van der Waals surface area contributed by atoms with Crippen molar-refractivity contribution < 1.29 is 19.3 Å². The Morgan fingerprint density at radius 2 is 1.09 bits per heavy atom. The molecule has 2 N–H and O–H groups in total. The lowest BCUT2D eigenvalue weighted by Gasteiger charge is -2.36. The summed E-state index contributed by atoms with van der Waals surface area (Å²) in [5.41, 5.74) is 4.51. The van der Waals surface area contributed by atoms with E-state index in [0.717, 1.165) is 55.7 Å². The standard InChI is InChI=1S/C37H34N2O4/c1-41-30-20-16-27(17-21-30)37(26-10-4-3-5-11-26,28-18-22-31(42-2)23-19-28)43-25-29(40)24-38-36-32-12-6-8-14-34(32)39-35-15-9-7-13-33(35)36/h3-23,29,40H,24-25H2,1-2H3,(H,38,39). The number of fused-ring (bicyclic) bond motifs is 2. The highest BCUT2D eigenvalue weighted by atomic mass is 16.5. The number of nitrogens with zero attached hydrogens (tertiary/aromatic N) is 1. The fourth-order valence-electron chi connectivity index (χ4n) is 5.60. The van der Waals surface area contributed by atoms with E-state index in [0.29, 0.717) is 0 Å². The van der Waals surface area contributed by atoms with Crippen molar-refractivity contribution >= 4 is 27.5 Å². The molecule has 6 nitrogen and oxygen atoms in total. The Morgan fingerprint density at radius 3 is 1.60 bits per heavy atom. The van der Waals surface area contributed by atoms with E-state index in [9.17, 15) is 5.11 Å². The Bertz CT molecular complexity index is 1700. The first-order valence-electron chi connectivity index (χ1n) is 14.3. The van der Waals surface area contributed by atoms with Crippen LogP contribution in [0, 0.1) is 0 Å². The lowest BCUT2D eigenvalue weighted by atomic mass is 9.80. The van der Waals surface area contributed by atoms with Crippen LogP contribution < -0.4 is 14.8 Å². The molecule has 0 radical (unpaired) electrons. The number of aromatic nitrogens is 1. The number of benzene rings is 5. The first kappa shape index (κ1) is 28.2. The van der Waals surface area contributed by atoms with Gasteiger partial charge in [0.25, 0.3) is 0 Å². The summed E-state index contributed by atoms with van der Waals surface area (Å²) >= 11 is 0. The second-order valence-electron chi connectivity index (χ2n) is 10.4. The first-order chi connectivity index (χ1) is 21.1. The van der Waals surface area contributed by atoms with Gasteiger partial charge in [-0.1, -0.05) is 91.0 Å². The molecule has 1 atom stereocenters. The van der Waals surface area contributed by atoms with Crippen LogP contribution in [0.5, 0.6) is 11.5 Å². The largest absolute Gasteiger partial charge is 0.497 e. The predicted octanol–water partition coefficient (Wildman–Crippen LogP) is 7.19. The minimum Gasteiger partial charge on any atom is -0.497 e. The van der Waals surface area contributed by atoms with Gasteiger partial charge >= 0.3 is 0 Å². The van der Waals surface area contributed by atoms with Gasteiger partial charge in [-0.2, -0.15) is 0 Å². The molecule has 0 saturated carbocycles. The summed E-state index contributed by atoms with van der Waals surface area (Å²) in [7, 11) is 3.30. The number of ether oxygens (including phenoxy) is 3. The van der Waals surface area contributed by atoms with Crippen molar-refractivity contribution in [1.29, 1.82) is 0 Å². The summed E-state index contributed by atoms with van der Waals surface area (Å²) in [6, 6.07) is 41.9. The molecular weight excluding hydrogens is 536 g/mol. The number of rotatable bonds is 11. The van der Waals surface area contributed by atoms with Crippen LogP contribution in [0.4, 0.5) is 5.69 Å². The van der Waals surface area contributed by atoms with E-state index in [-0.39, 0.29) is 13.2 Å². The van der Waals surface area contributed by atoms with Crippen LogP contribution in [0.15, 0.2) is 127 Å². The molecule has 0 fully saturated rings. The summed E-state index contributed by atoms with van der Waals surface area (Å²) in [5, 5.41) is 16.9. The minimum atomic E-state index is -1.00. The number of hydrogen-bond donors (Lipinski definition) is 2. The fraction of sp³-hybridized carbons (Fsp3) is 0.162. The van der Waals surface area contributed by atoms with Crippen molar-refractivity contribution in [3.05, 3.63) is 144 Å². The zero-order chi connectivity index (χ0) is 29.6. The van der Waals surface area contributed by atoms with Crippen LogP contribution in [0.3, 0.4) is 0 Å². The fourth-order valence-corrected chi connectivity index (χ4v) is 5.60. The maximum absolute atomic E-state index is 11.4. The van der Waals surface area contributed by atoms with E-state index < -0.39 is 11.7 Å². The molecule has 216 valence electrons. The van der Waals surface area contributed by atoms with Crippen molar-refractivity contribution in [2.75, 3.05) is 32.7 Å². The van der Waals surface area contributed by atoms with Crippen molar-refractivity contribution in [3.63, 3.8) is 0 Å². The molecule has 1 heterocycles. The molecule has 1 unspecified atom stereocenters. The van der Waals surface area contributed by atoms with Gasteiger partial charge in [0.15, 0.2) is 0 Å². The van der Waals surface area contributed by atoms with Gasteiger partial charge in [-0.05, 0) is 53.1 Å².